The molecule has 1 spiro atoms. The fraction of sp³-hybridized carbons (Fsp3) is 1.00. The number of hydrogen-bond donors (Lipinski definition) is 1. The van der Waals surface area contributed by atoms with Crippen molar-refractivity contribution in [1.82, 2.24) is 5.32 Å². The minimum Gasteiger partial charge on any atom is -0.319 e. The van der Waals surface area contributed by atoms with Gasteiger partial charge >= 0.3 is 0 Å². The van der Waals surface area contributed by atoms with Gasteiger partial charge in [-0.05, 0) is 55.5 Å². The van der Waals surface area contributed by atoms with Crippen LogP contribution in [0.3, 0.4) is 0 Å². The SMILES string of the molecule is CCC1CCC2(C1)C(CNC)C2(C)C. The predicted molar refractivity (Wildman–Crippen MR) is 61.3 cm³/mol. The molecular weight excluding hydrogens is 170 g/mol. The third-order valence-electron chi connectivity index (χ3n) is 5.38. The molecule has 2 rings (SSSR count). The van der Waals surface area contributed by atoms with Crippen LogP contribution in [0.4, 0.5) is 0 Å². The van der Waals surface area contributed by atoms with Crippen molar-refractivity contribution < 1.29 is 0 Å². The van der Waals surface area contributed by atoms with E-state index in [-0.39, 0.29) is 0 Å². The molecular formula is C13H25N. The molecule has 1 N–H and O–H groups in total. The van der Waals surface area contributed by atoms with Crippen LogP contribution in [0.1, 0.15) is 46.5 Å². The van der Waals surface area contributed by atoms with E-state index in [1.807, 2.05) is 0 Å². The Labute approximate surface area is 88.7 Å². The highest BCUT2D eigenvalue weighted by Gasteiger charge is 2.70. The van der Waals surface area contributed by atoms with Crippen molar-refractivity contribution in [2.24, 2.45) is 22.7 Å². The van der Waals surface area contributed by atoms with E-state index < -0.39 is 0 Å². The fourth-order valence-electron chi connectivity index (χ4n) is 4.15. The minimum absolute atomic E-state index is 0.611. The second-order valence-corrected chi connectivity index (χ2v) is 6.01. The van der Waals surface area contributed by atoms with Gasteiger partial charge in [-0.25, -0.2) is 0 Å². The second-order valence-electron chi connectivity index (χ2n) is 6.01. The first-order valence-electron chi connectivity index (χ1n) is 6.23. The Balaban J connectivity index is 2.05. The Morgan fingerprint density at radius 1 is 1.36 bits per heavy atom. The van der Waals surface area contributed by atoms with Gasteiger partial charge in [0.25, 0.3) is 0 Å². The molecule has 2 fully saturated rings. The third kappa shape index (κ3) is 1.18. The van der Waals surface area contributed by atoms with Gasteiger partial charge in [0.05, 0.1) is 0 Å². The molecule has 2 aliphatic rings. The van der Waals surface area contributed by atoms with Crippen LogP contribution in [0, 0.1) is 22.7 Å². The van der Waals surface area contributed by atoms with Gasteiger partial charge in [0.15, 0.2) is 0 Å². The van der Waals surface area contributed by atoms with Crippen LogP contribution in [0.25, 0.3) is 0 Å². The molecule has 0 aromatic heterocycles. The van der Waals surface area contributed by atoms with E-state index >= 15 is 0 Å². The predicted octanol–water partition coefficient (Wildman–Crippen LogP) is 3.06. The zero-order valence-corrected chi connectivity index (χ0v) is 10.2. The number of rotatable bonds is 3. The molecule has 0 heterocycles. The minimum atomic E-state index is 0.611. The standard InChI is InChI=1S/C13H25N/c1-5-10-6-7-13(8-10)11(9-14-4)12(13,2)3/h10-11,14H,5-9H2,1-4H3. The highest BCUT2D eigenvalue weighted by molar-refractivity contribution is 5.19. The Kier molecular flexibility index (Phi) is 2.42. The van der Waals surface area contributed by atoms with Crippen molar-refractivity contribution in [3.63, 3.8) is 0 Å². The van der Waals surface area contributed by atoms with E-state index in [1.165, 1.54) is 32.2 Å². The zero-order chi connectivity index (χ0) is 10.4. The van der Waals surface area contributed by atoms with Gasteiger partial charge in [0.2, 0.25) is 0 Å². The van der Waals surface area contributed by atoms with Gasteiger partial charge in [-0.2, -0.15) is 0 Å². The summed E-state index contributed by atoms with van der Waals surface area (Å²) in [6, 6.07) is 0. The van der Waals surface area contributed by atoms with E-state index in [0.29, 0.717) is 5.41 Å². The number of hydrogen-bond acceptors (Lipinski definition) is 1. The summed E-state index contributed by atoms with van der Waals surface area (Å²) in [4.78, 5) is 0. The summed E-state index contributed by atoms with van der Waals surface area (Å²) >= 11 is 0. The molecule has 0 bridgehead atoms. The van der Waals surface area contributed by atoms with Crippen LogP contribution < -0.4 is 5.32 Å². The van der Waals surface area contributed by atoms with Crippen molar-refractivity contribution in [3.8, 4) is 0 Å². The van der Waals surface area contributed by atoms with E-state index in [9.17, 15) is 0 Å². The largest absolute Gasteiger partial charge is 0.319 e. The van der Waals surface area contributed by atoms with E-state index in [2.05, 4.69) is 33.1 Å². The summed E-state index contributed by atoms with van der Waals surface area (Å²) in [5.74, 6) is 1.97. The van der Waals surface area contributed by atoms with Crippen LogP contribution >= 0.6 is 0 Å². The Bertz CT molecular complexity index is 221. The van der Waals surface area contributed by atoms with Gasteiger partial charge in [-0.1, -0.05) is 27.2 Å². The van der Waals surface area contributed by atoms with Gasteiger partial charge in [-0.3, -0.25) is 0 Å². The van der Waals surface area contributed by atoms with Crippen molar-refractivity contribution >= 4 is 0 Å². The first-order chi connectivity index (χ1) is 6.58. The first-order valence-corrected chi connectivity index (χ1v) is 6.23. The summed E-state index contributed by atoms with van der Waals surface area (Å²) < 4.78 is 0. The fourth-order valence-corrected chi connectivity index (χ4v) is 4.15. The van der Waals surface area contributed by atoms with Crippen molar-refractivity contribution in [1.29, 1.82) is 0 Å². The molecule has 0 radical (unpaired) electrons. The number of nitrogens with one attached hydrogen (secondary N) is 1. The Morgan fingerprint density at radius 3 is 2.57 bits per heavy atom. The third-order valence-corrected chi connectivity index (χ3v) is 5.38. The van der Waals surface area contributed by atoms with Crippen LogP contribution in [-0.4, -0.2) is 13.6 Å². The van der Waals surface area contributed by atoms with Crippen LogP contribution in [0.2, 0.25) is 0 Å². The van der Waals surface area contributed by atoms with Crippen LogP contribution in [-0.2, 0) is 0 Å². The molecule has 2 aliphatic carbocycles. The van der Waals surface area contributed by atoms with Gasteiger partial charge in [0, 0.05) is 0 Å². The Morgan fingerprint density at radius 2 is 2.07 bits per heavy atom. The van der Waals surface area contributed by atoms with Crippen LogP contribution in [0.15, 0.2) is 0 Å². The molecule has 3 atom stereocenters. The molecule has 1 nitrogen and oxygen atoms in total. The maximum atomic E-state index is 3.37. The molecule has 3 unspecified atom stereocenters. The molecule has 0 aromatic carbocycles. The van der Waals surface area contributed by atoms with Crippen molar-refractivity contribution in [2.45, 2.75) is 46.5 Å². The lowest BCUT2D eigenvalue weighted by Crippen LogP contribution is -2.14. The molecule has 82 valence electrons. The van der Waals surface area contributed by atoms with Crippen molar-refractivity contribution in [3.05, 3.63) is 0 Å². The molecule has 0 aliphatic heterocycles. The van der Waals surface area contributed by atoms with Crippen LogP contribution in [0.5, 0.6) is 0 Å². The highest BCUT2D eigenvalue weighted by Crippen LogP contribution is 2.76. The highest BCUT2D eigenvalue weighted by atomic mass is 14.9. The lowest BCUT2D eigenvalue weighted by atomic mass is 9.92. The second kappa shape index (κ2) is 3.23. The molecule has 0 aromatic rings. The lowest BCUT2D eigenvalue weighted by Gasteiger charge is -2.13. The lowest BCUT2D eigenvalue weighted by molar-refractivity contribution is 0.369. The maximum Gasteiger partial charge on any atom is -0.00127 e. The molecule has 0 amide bonds. The molecule has 0 saturated heterocycles. The summed E-state index contributed by atoms with van der Waals surface area (Å²) in [5, 5.41) is 3.37. The smallest absolute Gasteiger partial charge is 0.00127 e. The van der Waals surface area contributed by atoms with E-state index in [0.717, 1.165) is 17.3 Å². The zero-order valence-electron chi connectivity index (χ0n) is 10.2. The average molecular weight is 195 g/mol. The molecule has 14 heavy (non-hydrogen) atoms. The monoisotopic (exact) mass is 195 g/mol. The Hall–Kier alpha value is -0.0400. The van der Waals surface area contributed by atoms with E-state index in [4.69, 9.17) is 0 Å². The van der Waals surface area contributed by atoms with Gasteiger partial charge in [-0.15, -0.1) is 0 Å². The van der Waals surface area contributed by atoms with Gasteiger partial charge < -0.3 is 5.32 Å². The maximum absolute atomic E-state index is 3.37. The van der Waals surface area contributed by atoms with Crippen molar-refractivity contribution in [2.75, 3.05) is 13.6 Å². The molecule has 2 saturated carbocycles. The topological polar surface area (TPSA) is 12.0 Å². The van der Waals surface area contributed by atoms with E-state index in [1.54, 1.807) is 0 Å². The summed E-state index contributed by atoms with van der Waals surface area (Å²) in [7, 11) is 2.09. The quantitative estimate of drug-likeness (QED) is 0.730. The summed E-state index contributed by atoms with van der Waals surface area (Å²) in [6.07, 6.45) is 5.87. The first kappa shape index (κ1) is 10.5. The summed E-state index contributed by atoms with van der Waals surface area (Å²) in [6.45, 7) is 8.54. The molecule has 1 heteroatoms. The van der Waals surface area contributed by atoms with Gasteiger partial charge in [0.1, 0.15) is 0 Å². The average Bonchev–Trinajstić information content (AvgIpc) is 2.57. The summed E-state index contributed by atoms with van der Waals surface area (Å²) in [5.41, 5.74) is 1.33. The normalized spacial score (nSPS) is 44.6.